The van der Waals surface area contributed by atoms with E-state index in [-0.39, 0.29) is 48.8 Å². The number of ether oxygens (including phenoxy) is 2. The van der Waals surface area contributed by atoms with E-state index in [1.165, 1.54) is 0 Å². The predicted octanol–water partition coefficient (Wildman–Crippen LogP) is -0.233. The molecule has 0 unspecified atom stereocenters. The first-order valence-electron chi connectivity index (χ1n) is 17.8. The molecule has 2 fully saturated rings. The standard InChI is InChI=1S/C35H54N8O9S/c1-18-19(2)29(20(3)22-11-12-35(7,8)52-28(18)22)53(49,50)43-33(36)37-13-9-10-23-30(46)39-17-26(44)41-25(15-27(45)51-34(4,5)6)32(48)40-21-14-24(38-16-21)31(47)42-23/h21,23-25,38H,9-17H2,1-8H3,(H,39,46)(H,40,48)(H,41,44)(H,42,47)(H3,36,37,43)/t21-,23-,24-,25-/m0/s1. The minimum Gasteiger partial charge on any atom is -0.487 e. The summed E-state index contributed by atoms with van der Waals surface area (Å²) in [5, 5.41) is 13.5. The molecule has 4 atom stereocenters. The Hall–Kier alpha value is -4.45. The van der Waals surface area contributed by atoms with Gasteiger partial charge in [-0.2, -0.15) is 0 Å². The molecule has 1 aromatic carbocycles. The van der Waals surface area contributed by atoms with Crippen LogP contribution >= 0.6 is 0 Å². The Balaban J connectivity index is 1.41. The van der Waals surface area contributed by atoms with E-state index in [9.17, 15) is 32.4 Å². The van der Waals surface area contributed by atoms with Gasteiger partial charge in [0.05, 0.1) is 23.9 Å². The molecule has 18 heteroatoms. The van der Waals surface area contributed by atoms with Crippen LogP contribution in [0.2, 0.25) is 0 Å². The van der Waals surface area contributed by atoms with Crippen LogP contribution in [0, 0.1) is 20.8 Å². The summed E-state index contributed by atoms with van der Waals surface area (Å²) in [7, 11) is -4.12. The fraction of sp³-hybridized carbons (Fsp3) is 0.657. The minimum absolute atomic E-state index is 0.0146. The quantitative estimate of drug-likeness (QED) is 0.0789. The molecular formula is C35H54N8O9S. The maximum Gasteiger partial charge on any atom is 0.308 e. The number of amides is 4. The molecule has 0 spiro atoms. The fourth-order valence-electron chi connectivity index (χ4n) is 6.65. The molecule has 53 heavy (non-hydrogen) atoms. The first-order valence-corrected chi connectivity index (χ1v) is 19.3. The van der Waals surface area contributed by atoms with Gasteiger partial charge in [0, 0.05) is 19.1 Å². The lowest BCUT2D eigenvalue weighted by molar-refractivity contribution is -0.156. The average Bonchev–Trinajstić information content (AvgIpc) is 3.50. The zero-order chi connectivity index (χ0) is 39.5. The van der Waals surface area contributed by atoms with Gasteiger partial charge in [0.2, 0.25) is 29.6 Å². The highest BCUT2D eigenvalue weighted by Crippen LogP contribution is 2.42. The topological polar surface area (TPSA) is 249 Å². The van der Waals surface area contributed by atoms with Gasteiger partial charge >= 0.3 is 5.97 Å². The fourth-order valence-corrected chi connectivity index (χ4v) is 8.17. The van der Waals surface area contributed by atoms with Gasteiger partial charge in [-0.15, -0.1) is 0 Å². The molecule has 4 rings (SSSR count). The number of carbonyl (C=O) groups is 5. The van der Waals surface area contributed by atoms with E-state index in [0.717, 1.165) is 17.5 Å². The molecule has 17 nitrogen and oxygen atoms in total. The molecule has 2 bridgehead atoms. The monoisotopic (exact) mass is 762 g/mol. The van der Waals surface area contributed by atoms with Crippen molar-refractivity contribution in [1.29, 1.82) is 0 Å². The second kappa shape index (κ2) is 16.3. The largest absolute Gasteiger partial charge is 0.487 e. The van der Waals surface area contributed by atoms with Crippen LogP contribution in [0.15, 0.2) is 9.89 Å². The summed E-state index contributed by atoms with van der Waals surface area (Å²) in [5.41, 5.74) is 7.59. The Morgan fingerprint density at radius 1 is 1.00 bits per heavy atom. The summed E-state index contributed by atoms with van der Waals surface area (Å²) in [6, 6.07) is -3.55. The summed E-state index contributed by atoms with van der Waals surface area (Å²) < 4.78 is 41.1. The van der Waals surface area contributed by atoms with Crippen LogP contribution in [0.3, 0.4) is 0 Å². The van der Waals surface area contributed by atoms with E-state index >= 15 is 0 Å². The normalized spacial score (nSPS) is 24.0. The third-order valence-corrected chi connectivity index (χ3v) is 11.0. The number of nitrogens with one attached hydrogen (secondary N) is 6. The van der Waals surface area contributed by atoms with Gasteiger partial charge in [0.1, 0.15) is 29.0 Å². The molecule has 0 radical (unpaired) electrons. The van der Waals surface area contributed by atoms with Crippen LogP contribution in [0.1, 0.15) is 89.0 Å². The van der Waals surface area contributed by atoms with E-state index < -0.39 is 82.4 Å². The lowest BCUT2D eigenvalue weighted by Crippen LogP contribution is -2.55. The molecule has 0 aromatic heterocycles. The zero-order valence-electron chi connectivity index (χ0n) is 31.8. The summed E-state index contributed by atoms with van der Waals surface area (Å²) >= 11 is 0. The molecule has 4 amide bonds. The Labute approximate surface area is 310 Å². The van der Waals surface area contributed by atoms with Crippen molar-refractivity contribution in [2.75, 3.05) is 19.6 Å². The van der Waals surface area contributed by atoms with Gasteiger partial charge in [-0.1, -0.05) is 0 Å². The van der Waals surface area contributed by atoms with E-state index in [1.807, 2.05) is 20.8 Å². The van der Waals surface area contributed by atoms with Crippen molar-refractivity contribution in [1.82, 2.24) is 31.3 Å². The lowest BCUT2D eigenvalue weighted by Gasteiger charge is -2.35. The van der Waals surface area contributed by atoms with Crippen molar-refractivity contribution in [2.45, 2.75) is 134 Å². The Morgan fingerprint density at radius 3 is 2.38 bits per heavy atom. The SMILES string of the molecule is Cc1c(C)c(S(=O)(=O)NC(N)=NCCC[C@@H]2NC(=O)[C@@H]3C[C@@H](CN3)NC(=O)[C@H](CC(=O)OC(C)(C)C)NC(=O)CNC2=O)c(C)c2c1OC(C)(C)CC2. The first kappa shape index (κ1) is 41.3. The number of nitrogens with two attached hydrogens (primary N) is 1. The van der Waals surface area contributed by atoms with Crippen LogP contribution < -0.4 is 41.8 Å². The van der Waals surface area contributed by atoms with E-state index in [0.29, 0.717) is 23.3 Å². The summed E-state index contributed by atoms with van der Waals surface area (Å²) in [5.74, 6) is -2.81. The molecule has 1 aromatic rings. The number of esters is 1. The highest BCUT2D eigenvalue weighted by molar-refractivity contribution is 7.90. The minimum atomic E-state index is -4.12. The second-order valence-electron chi connectivity index (χ2n) is 15.5. The number of fused-ring (bicyclic) bond motifs is 3. The van der Waals surface area contributed by atoms with Gasteiger partial charge in [0.15, 0.2) is 0 Å². The molecule has 3 aliphatic rings. The highest BCUT2D eigenvalue weighted by atomic mass is 32.2. The van der Waals surface area contributed by atoms with Crippen LogP contribution in [0.4, 0.5) is 0 Å². The van der Waals surface area contributed by atoms with Crippen molar-refractivity contribution in [2.24, 2.45) is 10.7 Å². The van der Waals surface area contributed by atoms with Crippen LogP contribution in [-0.4, -0.2) is 99.0 Å². The molecule has 0 saturated carbocycles. The van der Waals surface area contributed by atoms with E-state index in [1.54, 1.807) is 34.6 Å². The van der Waals surface area contributed by atoms with Crippen LogP contribution in [0.5, 0.6) is 5.75 Å². The molecule has 3 heterocycles. The Kier molecular flexibility index (Phi) is 12.7. The van der Waals surface area contributed by atoms with E-state index in [4.69, 9.17) is 15.2 Å². The maximum absolute atomic E-state index is 13.6. The smallest absolute Gasteiger partial charge is 0.308 e. The summed E-state index contributed by atoms with van der Waals surface area (Å²) in [6.45, 7) is 14.1. The number of benzene rings is 1. The molecule has 0 aliphatic carbocycles. The number of nitrogens with zero attached hydrogens (tertiary/aromatic N) is 1. The Bertz CT molecular complexity index is 1770. The van der Waals surface area contributed by atoms with Gasteiger partial charge in [-0.05, 0) is 110 Å². The third kappa shape index (κ3) is 10.8. The van der Waals surface area contributed by atoms with Gasteiger partial charge in [0.25, 0.3) is 10.0 Å². The van der Waals surface area contributed by atoms with Crippen molar-refractivity contribution in [3.05, 3.63) is 22.3 Å². The average molecular weight is 763 g/mol. The van der Waals surface area contributed by atoms with Gasteiger partial charge in [-0.3, -0.25) is 29.0 Å². The highest BCUT2D eigenvalue weighted by Gasteiger charge is 2.36. The number of aliphatic imine (C=N–C) groups is 1. The van der Waals surface area contributed by atoms with E-state index in [2.05, 4.69) is 36.3 Å². The van der Waals surface area contributed by atoms with Crippen molar-refractivity contribution in [3.8, 4) is 5.75 Å². The number of guanidine groups is 1. The van der Waals surface area contributed by atoms with Crippen LogP contribution in [-0.2, 0) is 45.2 Å². The van der Waals surface area contributed by atoms with Gasteiger partial charge < -0.3 is 41.8 Å². The molecule has 8 N–H and O–H groups in total. The van der Waals surface area contributed by atoms with Crippen LogP contribution in [0.25, 0.3) is 0 Å². The third-order valence-electron chi connectivity index (χ3n) is 9.40. The number of carbonyl (C=O) groups excluding carboxylic acids is 5. The molecule has 2 saturated heterocycles. The number of hydrogen-bond donors (Lipinski definition) is 7. The second-order valence-corrected chi connectivity index (χ2v) is 17.1. The Morgan fingerprint density at radius 2 is 1.70 bits per heavy atom. The van der Waals surface area contributed by atoms with Gasteiger partial charge in [-0.25, -0.2) is 13.1 Å². The van der Waals surface area contributed by atoms with Crippen molar-refractivity contribution < 1.29 is 41.9 Å². The maximum atomic E-state index is 13.6. The zero-order valence-corrected chi connectivity index (χ0v) is 32.6. The summed E-state index contributed by atoms with van der Waals surface area (Å²) in [4.78, 5) is 69.1. The number of rotatable bonds is 8. The van der Waals surface area contributed by atoms with Crippen molar-refractivity contribution in [3.63, 3.8) is 0 Å². The molecule has 3 aliphatic heterocycles. The summed E-state index contributed by atoms with van der Waals surface area (Å²) in [6.07, 6.45) is 1.46. The predicted molar refractivity (Wildman–Crippen MR) is 195 cm³/mol. The van der Waals surface area contributed by atoms with Crippen molar-refractivity contribution >= 4 is 45.6 Å². The molecular weight excluding hydrogens is 708 g/mol. The lowest BCUT2D eigenvalue weighted by atomic mass is 9.88. The molecule has 294 valence electrons. The first-order chi connectivity index (χ1) is 24.6. The number of sulfonamides is 1. The number of hydrogen-bond acceptors (Lipinski definition) is 11.